The number of benzene rings is 1. The van der Waals surface area contributed by atoms with E-state index < -0.39 is 0 Å². The van der Waals surface area contributed by atoms with Crippen LogP contribution in [0, 0.1) is 5.92 Å². The summed E-state index contributed by atoms with van der Waals surface area (Å²) in [6, 6.07) is 9.84. The normalized spacial score (nSPS) is 24.5. The number of hydrogen-bond donors (Lipinski definition) is 1. The highest BCUT2D eigenvalue weighted by atomic mass is 16.3. The highest BCUT2D eigenvalue weighted by Crippen LogP contribution is 2.26. The first-order valence-electron chi connectivity index (χ1n) is 4.74. The van der Waals surface area contributed by atoms with E-state index in [4.69, 9.17) is 0 Å². The second-order valence-electron chi connectivity index (χ2n) is 3.53. The third kappa shape index (κ3) is 1.90. The van der Waals surface area contributed by atoms with Gasteiger partial charge in [-0.2, -0.15) is 0 Å². The van der Waals surface area contributed by atoms with Gasteiger partial charge in [0.15, 0.2) is 0 Å². The van der Waals surface area contributed by atoms with Crippen LogP contribution in [0.5, 0.6) is 0 Å². The Morgan fingerprint density at radius 1 is 1.31 bits per heavy atom. The van der Waals surface area contributed by atoms with E-state index >= 15 is 0 Å². The van der Waals surface area contributed by atoms with Crippen molar-refractivity contribution >= 4 is 0 Å². The molecular weight excluding hydrogens is 162 g/mol. The summed E-state index contributed by atoms with van der Waals surface area (Å²) in [5, 5.41) is 14.2. The molecule has 13 heavy (non-hydrogen) atoms. The Bertz CT molecular complexity index is 254. The first-order valence-corrected chi connectivity index (χ1v) is 4.74. The zero-order valence-electron chi connectivity index (χ0n) is 7.56. The molecule has 2 heteroatoms. The van der Waals surface area contributed by atoms with Crippen LogP contribution in [0.2, 0.25) is 0 Å². The van der Waals surface area contributed by atoms with E-state index in [1.54, 1.807) is 0 Å². The summed E-state index contributed by atoms with van der Waals surface area (Å²) >= 11 is 0. The molecule has 0 saturated carbocycles. The van der Waals surface area contributed by atoms with Gasteiger partial charge in [0.2, 0.25) is 0 Å². The molecule has 0 spiro atoms. The lowest BCUT2D eigenvalue weighted by atomic mass is 9.95. The van der Waals surface area contributed by atoms with Crippen molar-refractivity contribution in [2.75, 3.05) is 13.1 Å². The van der Waals surface area contributed by atoms with Gasteiger partial charge in [0, 0.05) is 19.0 Å². The fraction of sp³-hybridized carbons (Fsp3) is 0.455. The topological polar surface area (TPSA) is 34.3 Å². The third-order valence-corrected chi connectivity index (χ3v) is 2.61. The van der Waals surface area contributed by atoms with Crippen LogP contribution in [-0.2, 0) is 0 Å². The molecule has 1 aliphatic rings. The van der Waals surface area contributed by atoms with Gasteiger partial charge in [-0.05, 0) is 12.0 Å². The smallest absolute Gasteiger partial charge is 0.0831 e. The van der Waals surface area contributed by atoms with Crippen LogP contribution in [0.4, 0.5) is 0 Å². The molecule has 1 aromatic carbocycles. The summed E-state index contributed by atoms with van der Waals surface area (Å²) in [6.45, 7) is 1.73. The van der Waals surface area contributed by atoms with Gasteiger partial charge in [-0.15, -0.1) is 0 Å². The number of hydrogen-bond acceptors (Lipinski definition) is 1. The van der Waals surface area contributed by atoms with Crippen molar-refractivity contribution in [2.24, 2.45) is 5.92 Å². The summed E-state index contributed by atoms with van der Waals surface area (Å²) in [7, 11) is 0. The maximum Gasteiger partial charge on any atom is 0.0831 e. The zero-order valence-corrected chi connectivity index (χ0v) is 7.56. The number of nitrogens with zero attached hydrogens (tertiary/aromatic N) is 1. The molecular formula is C11H14NO. The summed E-state index contributed by atoms with van der Waals surface area (Å²) < 4.78 is 0. The predicted molar refractivity (Wildman–Crippen MR) is 51.4 cm³/mol. The van der Waals surface area contributed by atoms with Gasteiger partial charge < -0.3 is 5.11 Å². The molecule has 69 valence electrons. The molecule has 1 aliphatic heterocycles. The van der Waals surface area contributed by atoms with E-state index in [9.17, 15) is 5.11 Å². The van der Waals surface area contributed by atoms with E-state index in [0.29, 0.717) is 5.92 Å². The zero-order chi connectivity index (χ0) is 9.10. The standard InChI is InChI=1S/C11H14NO/c13-11(10-6-7-12-8-10)9-4-2-1-3-5-9/h1-5,10-11,13H,6-8H2. The summed E-state index contributed by atoms with van der Waals surface area (Å²) in [4.78, 5) is 0. The Morgan fingerprint density at radius 2 is 2.08 bits per heavy atom. The molecule has 0 amide bonds. The quantitative estimate of drug-likeness (QED) is 0.725. The molecule has 2 rings (SSSR count). The first-order chi connectivity index (χ1) is 6.38. The van der Waals surface area contributed by atoms with Crippen LogP contribution in [0.1, 0.15) is 18.1 Å². The van der Waals surface area contributed by atoms with E-state index in [2.05, 4.69) is 5.32 Å². The van der Waals surface area contributed by atoms with E-state index in [1.807, 2.05) is 30.3 Å². The number of aliphatic hydroxyl groups excluding tert-OH is 1. The van der Waals surface area contributed by atoms with Crippen LogP contribution in [0.3, 0.4) is 0 Å². The second-order valence-corrected chi connectivity index (χ2v) is 3.53. The molecule has 1 saturated heterocycles. The molecule has 1 aromatic rings. The third-order valence-electron chi connectivity index (χ3n) is 2.61. The molecule has 2 atom stereocenters. The SMILES string of the molecule is OC(c1ccccc1)C1CC[N]C1. The van der Waals surface area contributed by atoms with Crippen LogP contribution >= 0.6 is 0 Å². The van der Waals surface area contributed by atoms with Crippen LogP contribution in [-0.4, -0.2) is 18.2 Å². The van der Waals surface area contributed by atoms with Crippen molar-refractivity contribution in [3.05, 3.63) is 35.9 Å². The van der Waals surface area contributed by atoms with Crippen molar-refractivity contribution < 1.29 is 5.11 Å². The summed E-state index contributed by atoms with van der Waals surface area (Å²) in [5.74, 6) is 0.336. The summed E-state index contributed by atoms with van der Waals surface area (Å²) in [6.07, 6.45) is 0.697. The van der Waals surface area contributed by atoms with Crippen LogP contribution in [0.15, 0.2) is 30.3 Å². The molecule has 0 aliphatic carbocycles. The molecule has 2 unspecified atom stereocenters. The van der Waals surface area contributed by atoms with E-state index in [-0.39, 0.29) is 6.10 Å². The summed E-state index contributed by atoms with van der Waals surface area (Å²) in [5.41, 5.74) is 1.02. The van der Waals surface area contributed by atoms with Crippen LogP contribution in [0.25, 0.3) is 0 Å². The Balaban J connectivity index is 2.08. The lowest BCUT2D eigenvalue weighted by Crippen LogP contribution is -2.13. The average Bonchev–Trinajstić information content (AvgIpc) is 2.71. The van der Waals surface area contributed by atoms with Crippen molar-refractivity contribution in [1.82, 2.24) is 5.32 Å². The number of rotatable bonds is 2. The minimum atomic E-state index is -0.326. The lowest BCUT2D eigenvalue weighted by Gasteiger charge is -2.16. The predicted octanol–water partition coefficient (Wildman–Crippen LogP) is 1.34. The van der Waals surface area contributed by atoms with Crippen molar-refractivity contribution in [2.45, 2.75) is 12.5 Å². The Kier molecular flexibility index (Phi) is 2.62. The Labute approximate surface area is 78.6 Å². The van der Waals surface area contributed by atoms with Gasteiger partial charge in [0.1, 0.15) is 0 Å². The Morgan fingerprint density at radius 3 is 2.69 bits per heavy atom. The number of aliphatic hydroxyl groups is 1. The van der Waals surface area contributed by atoms with Gasteiger partial charge in [0.05, 0.1) is 6.10 Å². The highest BCUT2D eigenvalue weighted by Gasteiger charge is 2.24. The van der Waals surface area contributed by atoms with Gasteiger partial charge in [0.25, 0.3) is 0 Å². The van der Waals surface area contributed by atoms with Crippen molar-refractivity contribution in [1.29, 1.82) is 0 Å². The lowest BCUT2D eigenvalue weighted by molar-refractivity contribution is 0.118. The fourth-order valence-corrected chi connectivity index (χ4v) is 1.79. The monoisotopic (exact) mass is 176 g/mol. The molecule has 0 bridgehead atoms. The van der Waals surface area contributed by atoms with Crippen molar-refractivity contribution in [3.63, 3.8) is 0 Å². The fourth-order valence-electron chi connectivity index (χ4n) is 1.79. The second kappa shape index (κ2) is 3.90. The van der Waals surface area contributed by atoms with Crippen LogP contribution < -0.4 is 5.32 Å². The largest absolute Gasteiger partial charge is 0.388 e. The van der Waals surface area contributed by atoms with Gasteiger partial charge in [-0.25, -0.2) is 5.32 Å². The molecule has 1 heterocycles. The van der Waals surface area contributed by atoms with Gasteiger partial charge >= 0.3 is 0 Å². The molecule has 1 radical (unpaired) electrons. The molecule has 1 N–H and O–H groups in total. The minimum Gasteiger partial charge on any atom is -0.388 e. The maximum atomic E-state index is 9.96. The van der Waals surface area contributed by atoms with Gasteiger partial charge in [-0.1, -0.05) is 30.3 Å². The molecule has 0 aromatic heterocycles. The first kappa shape index (κ1) is 8.73. The highest BCUT2D eigenvalue weighted by molar-refractivity contribution is 5.18. The van der Waals surface area contributed by atoms with E-state index in [1.165, 1.54) is 0 Å². The van der Waals surface area contributed by atoms with E-state index in [0.717, 1.165) is 25.1 Å². The maximum absolute atomic E-state index is 9.96. The molecule has 2 nitrogen and oxygen atoms in total. The molecule has 1 fully saturated rings. The average molecular weight is 176 g/mol. The van der Waals surface area contributed by atoms with Gasteiger partial charge in [-0.3, -0.25) is 0 Å². The minimum absolute atomic E-state index is 0.326. The van der Waals surface area contributed by atoms with Crippen molar-refractivity contribution in [3.8, 4) is 0 Å². The Hall–Kier alpha value is -0.860.